The molecule has 0 fully saturated rings. The smallest absolute Gasteiger partial charge is 0.255 e. The highest BCUT2D eigenvalue weighted by Gasteiger charge is 2.34. The summed E-state index contributed by atoms with van der Waals surface area (Å²) in [5.41, 5.74) is 2.61. The van der Waals surface area contributed by atoms with E-state index in [0.29, 0.717) is 24.4 Å². The third kappa shape index (κ3) is 5.33. The van der Waals surface area contributed by atoms with Crippen molar-refractivity contribution in [1.29, 1.82) is 0 Å². The molecule has 4 aromatic carbocycles. The number of amides is 2. The maximum Gasteiger partial charge on any atom is 0.255 e. The lowest BCUT2D eigenvalue weighted by Crippen LogP contribution is -2.49. The first kappa shape index (κ1) is 26.4. The Hall–Kier alpha value is -4.84. The number of hydrogen-bond acceptors (Lipinski definition) is 3. The summed E-state index contributed by atoms with van der Waals surface area (Å²) in [6.45, 7) is 5.16. The minimum absolute atomic E-state index is 0.00284. The number of carbonyl (C=O) groups is 2. The lowest BCUT2D eigenvalue weighted by atomic mass is 9.99. The molecule has 1 atom stereocenters. The van der Waals surface area contributed by atoms with Gasteiger partial charge < -0.3 is 19.1 Å². The number of nitrogens with zero attached hydrogens (tertiary/aromatic N) is 3. The summed E-state index contributed by atoms with van der Waals surface area (Å²) < 4.78 is 8.32. The minimum atomic E-state index is -0.299. The second-order valence-electron chi connectivity index (χ2n) is 10.7. The van der Waals surface area contributed by atoms with E-state index in [9.17, 15) is 9.59 Å². The molecule has 2 amide bonds. The summed E-state index contributed by atoms with van der Waals surface area (Å²) in [4.78, 5) is 31.6. The quantitative estimate of drug-likeness (QED) is 0.224. The monoisotopic (exact) mass is 543 g/mol. The Bertz CT molecular complexity index is 1690. The van der Waals surface area contributed by atoms with Crippen molar-refractivity contribution in [2.45, 2.75) is 32.5 Å². The maximum atomic E-state index is 14.1. The van der Waals surface area contributed by atoms with Crippen molar-refractivity contribution < 1.29 is 14.3 Å². The van der Waals surface area contributed by atoms with Gasteiger partial charge in [0.1, 0.15) is 18.0 Å². The van der Waals surface area contributed by atoms with Crippen molar-refractivity contribution in [3.63, 3.8) is 0 Å². The molecule has 6 heteroatoms. The molecule has 0 saturated heterocycles. The molecule has 1 aromatic heterocycles. The molecule has 0 bridgehead atoms. The maximum absolute atomic E-state index is 14.1. The molecule has 0 saturated carbocycles. The summed E-state index contributed by atoms with van der Waals surface area (Å²) in [5.74, 6) is 1.24. The van der Waals surface area contributed by atoms with Gasteiger partial charge in [-0.15, -0.1) is 0 Å². The first-order chi connectivity index (χ1) is 20.0. The zero-order valence-electron chi connectivity index (χ0n) is 23.3. The second kappa shape index (κ2) is 11.3. The van der Waals surface area contributed by atoms with Crippen molar-refractivity contribution in [1.82, 2.24) is 14.4 Å². The Morgan fingerprint density at radius 1 is 0.829 bits per heavy atom. The van der Waals surface area contributed by atoms with Gasteiger partial charge in [0.2, 0.25) is 5.91 Å². The summed E-state index contributed by atoms with van der Waals surface area (Å²) in [6, 6.07) is 34.8. The number of rotatable bonds is 7. The van der Waals surface area contributed by atoms with Gasteiger partial charge in [0.05, 0.1) is 6.04 Å². The van der Waals surface area contributed by atoms with Gasteiger partial charge in [-0.2, -0.15) is 0 Å². The van der Waals surface area contributed by atoms with Crippen LogP contribution in [-0.2, 0) is 11.3 Å². The van der Waals surface area contributed by atoms with E-state index in [0.717, 1.165) is 27.8 Å². The van der Waals surface area contributed by atoms with E-state index in [4.69, 9.17) is 4.74 Å². The summed E-state index contributed by atoms with van der Waals surface area (Å²) in [7, 11) is 0. The third-order valence-corrected chi connectivity index (χ3v) is 7.72. The first-order valence-electron chi connectivity index (χ1n) is 14.1. The van der Waals surface area contributed by atoms with E-state index in [1.807, 2.05) is 122 Å². The van der Waals surface area contributed by atoms with E-state index >= 15 is 0 Å². The molecule has 0 spiro atoms. The average molecular weight is 544 g/mol. The molecule has 1 aliphatic heterocycles. The molecule has 41 heavy (non-hydrogen) atoms. The number of ether oxygens (including phenoxy) is 1. The van der Waals surface area contributed by atoms with Crippen LogP contribution in [0.3, 0.4) is 0 Å². The average Bonchev–Trinajstić information content (AvgIpc) is 3.48. The molecule has 206 valence electrons. The van der Waals surface area contributed by atoms with E-state index in [2.05, 4.69) is 16.8 Å². The topological polar surface area (TPSA) is 54.8 Å². The number of aromatic nitrogens is 1. The lowest BCUT2D eigenvalue weighted by Gasteiger charge is -2.39. The van der Waals surface area contributed by atoms with Gasteiger partial charge in [-0.1, -0.05) is 66.7 Å². The Kier molecular flexibility index (Phi) is 7.30. The molecule has 6 rings (SSSR count). The van der Waals surface area contributed by atoms with Crippen molar-refractivity contribution in [2.24, 2.45) is 0 Å². The van der Waals surface area contributed by atoms with E-state index in [1.54, 1.807) is 4.90 Å². The molecule has 0 aliphatic carbocycles. The Balaban J connectivity index is 1.30. The Morgan fingerprint density at radius 3 is 2.39 bits per heavy atom. The van der Waals surface area contributed by atoms with Gasteiger partial charge in [0.15, 0.2) is 0 Å². The third-order valence-electron chi connectivity index (χ3n) is 7.72. The molecule has 2 heterocycles. The molecule has 0 N–H and O–H groups in total. The Morgan fingerprint density at radius 2 is 1.56 bits per heavy atom. The van der Waals surface area contributed by atoms with E-state index in [1.165, 1.54) is 0 Å². The van der Waals surface area contributed by atoms with Crippen LogP contribution in [0.1, 0.15) is 41.5 Å². The SMILES string of the molecule is CC(C)N(CC(=O)N1CCn2cccc2[C@H]1c1cccc(Oc2ccccc2)c1)C(=O)c1cccc2ccccc12. The first-order valence-corrected chi connectivity index (χ1v) is 14.1. The number of carbonyl (C=O) groups excluding carboxylic acids is 2. The number of hydrogen-bond donors (Lipinski definition) is 0. The lowest BCUT2D eigenvalue weighted by molar-refractivity contribution is -0.135. The van der Waals surface area contributed by atoms with Crippen LogP contribution in [0.4, 0.5) is 0 Å². The number of fused-ring (bicyclic) bond motifs is 2. The normalized spacial score (nSPS) is 14.6. The zero-order valence-corrected chi connectivity index (χ0v) is 23.3. The highest BCUT2D eigenvalue weighted by Crippen LogP contribution is 2.35. The standard InChI is InChI=1S/C35H33N3O3/c1-25(2)38(35(40)31-18-9-12-26-11-6-7-17-30(26)31)24-33(39)37-22-21-36-20-10-19-32(36)34(37)27-13-8-16-29(23-27)41-28-14-4-3-5-15-28/h3-20,23,25,34H,21-22,24H2,1-2H3/t34-/m1/s1. The van der Waals surface area contributed by atoms with Gasteiger partial charge in [-0.05, 0) is 72.6 Å². The number of para-hydroxylation sites is 1. The van der Waals surface area contributed by atoms with Crippen LogP contribution in [-0.4, -0.2) is 45.3 Å². The van der Waals surface area contributed by atoms with Crippen LogP contribution >= 0.6 is 0 Å². The van der Waals surface area contributed by atoms with Crippen molar-refractivity contribution >= 4 is 22.6 Å². The molecule has 5 aromatic rings. The summed E-state index contributed by atoms with van der Waals surface area (Å²) in [5, 5.41) is 1.89. The van der Waals surface area contributed by atoms with Crippen molar-refractivity contribution in [2.75, 3.05) is 13.1 Å². The molecular formula is C35H33N3O3. The summed E-state index contributed by atoms with van der Waals surface area (Å²) >= 11 is 0. The zero-order chi connectivity index (χ0) is 28.3. The van der Waals surface area contributed by atoms with E-state index < -0.39 is 0 Å². The Labute approximate surface area is 240 Å². The van der Waals surface area contributed by atoms with E-state index in [-0.39, 0.29) is 30.4 Å². The van der Waals surface area contributed by atoms with Gasteiger partial charge in [0.25, 0.3) is 5.91 Å². The minimum Gasteiger partial charge on any atom is -0.457 e. The van der Waals surface area contributed by atoms with Crippen LogP contribution in [0.2, 0.25) is 0 Å². The van der Waals surface area contributed by atoms with Crippen molar-refractivity contribution in [3.05, 3.63) is 132 Å². The molecule has 6 nitrogen and oxygen atoms in total. The van der Waals surface area contributed by atoms with Gasteiger partial charge in [-0.25, -0.2) is 0 Å². The van der Waals surface area contributed by atoms with Gasteiger partial charge >= 0.3 is 0 Å². The fourth-order valence-corrected chi connectivity index (χ4v) is 5.67. The largest absolute Gasteiger partial charge is 0.457 e. The molecule has 0 unspecified atom stereocenters. The molecular weight excluding hydrogens is 510 g/mol. The second-order valence-corrected chi connectivity index (χ2v) is 10.7. The van der Waals surface area contributed by atoms with Gasteiger partial charge in [0, 0.05) is 36.6 Å². The van der Waals surface area contributed by atoms with Crippen LogP contribution in [0, 0.1) is 0 Å². The fourth-order valence-electron chi connectivity index (χ4n) is 5.67. The highest BCUT2D eigenvalue weighted by molar-refractivity contribution is 6.07. The van der Waals surface area contributed by atoms with Crippen LogP contribution in [0.15, 0.2) is 115 Å². The molecule has 0 radical (unpaired) electrons. The van der Waals surface area contributed by atoms with Crippen LogP contribution in [0.25, 0.3) is 10.8 Å². The molecule has 1 aliphatic rings. The van der Waals surface area contributed by atoms with Crippen LogP contribution in [0.5, 0.6) is 11.5 Å². The summed E-state index contributed by atoms with van der Waals surface area (Å²) in [6.07, 6.45) is 2.05. The highest BCUT2D eigenvalue weighted by atomic mass is 16.5. The van der Waals surface area contributed by atoms with Crippen molar-refractivity contribution in [3.8, 4) is 11.5 Å². The van der Waals surface area contributed by atoms with Crippen LogP contribution < -0.4 is 4.74 Å². The predicted octanol–water partition coefficient (Wildman–Crippen LogP) is 6.92. The van der Waals surface area contributed by atoms with Gasteiger partial charge in [-0.3, -0.25) is 9.59 Å². The fraction of sp³-hybridized carbons (Fsp3) is 0.200. The predicted molar refractivity (Wildman–Crippen MR) is 161 cm³/mol. The number of benzene rings is 4.